The minimum absolute atomic E-state index is 0.408. The summed E-state index contributed by atoms with van der Waals surface area (Å²) in [5.74, 6) is 0. The van der Waals surface area contributed by atoms with Gasteiger partial charge >= 0.3 is 0 Å². The quantitative estimate of drug-likeness (QED) is 0.878. The van der Waals surface area contributed by atoms with E-state index >= 15 is 0 Å². The molecular weight excluding hydrogens is 248 g/mol. The van der Waals surface area contributed by atoms with Gasteiger partial charge in [0, 0.05) is 11.6 Å². The van der Waals surface area contributed by atoms with Gasteiger partial charge in [-0.2, -0.15) is 0 Å². The van der Waals surface area contributed by atoms with Crippen LogP contribution in [0.3, 0.4) is 0 Å². The van der Waals surface area contributed by atoms with Crippen LogP contribution in [0.5, 0.6) is 0 Å². The first kappa shape index (κ1) is 13.9. The van der Waals surface area contributed by atoms with Gasteiger partial charge in [0.1, 0.15) is 0 Å². The molecule has 0 aromatic heterocycles. The second-order valence-electron chi connectivity index (χ2n) is 5.31. The van der Waals surface area contributed by atoms with Crippen molar-refractivity contribution in [3.8, 4) is 0 Å². The van der Waals surface area contributed by atoms with E-state index in [1.807, 2.05) is 31.2 Å². The van der Waals surface area contributed by atoms with Crippen molar-refractivity contribution in [2.45, 2.75) is 50.7 Å². The highest BCUT2D eigenvalue weighted by molar-refractivity contribution is 6.30. The highest BCUT2D eigenvalue weighted by atomic mass is 35.5. The Morgan fingerprint density at radius 3 is 2.72 bits per heavy atom. The van der Waals surface area contributed by atoms with Crippen molar-refractivity contribution >= 4 is 11.6 Å². The molecule has 0 saturated carbocycles. The fourth-order valence-electron chi connectivity index (χ4n) is 2.50. The Morgan fingerprint density at radius 2 is 2.11 bits per heavy atom. The summed E-state index contributed by atoms with van der Waals surface area (Å²) in [6.07, 6.45) is 5.55. The molecule has 100 valence electrons. The molecular formula is C15H21ClO2. The summed E-state index contributed by atoms with van der Waals surface area (Å²) in [7, 11) is 0. The first-order valence-corrected chi connectivity index (χ1v) is 7.06. The zero-order valence-corrected chi connectivity index (χ0v) is 11.6. The van der Waals surface area contributed by atoms with Crippen LogP contribution in [0.1, 0.15) is 44.6 Å². The van der Waals surface area contributed by atoms with Gasteiger partial charge in [-0.05, 0) is 56.7 Å². The number of ether oxygens (including phenoxy) is 1. The van der Waals surface area contributed by atoms with E-state index in [0.717, 1.165) is 31.4 Å². The highest BCUT2D eigenvalue weighted by Gasteiger charge is 2.23. The number of halogens is 1. The molecule has 1 aromatic rings. The second kappa shape index (κ2) is 6.05. The van der Waals surface area contributed by atoms with E-state index in [2.05, 4.69) is 0 Å². The van der Waals surface area contributed by atoms with Crippen LogP contribution in [-0.4, -0.2) is 17.8 Å². The third-order valence-electron chi connectivity index (χ3n) is 3.68. The van der Waals surface area contributed by atoms with Crippen molar-refractivity contribution < 1.29 is 9.84 Å². The summed E-state index contributed by atoms with van der Waals surface area (Å²) in [4.78, 5) is 0. The average molecular weight is 269 g/mol. The Labute approximate surface area is 114 Å². The molecule has 0 radical (unpaired) electrons. The largest absolute Gasteiger partial charge is 0.385 e. The molecule has 1 fully saturated rings. The normalized spacial score (nSPS) is 22.9. The first-order valence-electron chi connectivity index (χ1n) is 6.68. The molecule has 1 N–H and O–H groups in total. The molecule has 1 aliphatic rings. The van der Waals surface area contributed by atoms with Gasteiger partial charge in [-0.3, -0.25) is 0 Å². The van der Waals surface area contributed by atoms with Crippen LogP contribution in [0.4, 0.5) is 0 Å². The van der Waals surface area contributed by atoms with E-state index in [9.17, 15) is 5.11 Å². The topological polar surface area (TPSA) is 29.5 Å². The van der Waals surface area contributed by atoms with Crippen LogP contribution in [0, 0.1) is 0 Å². The monoisotopic (exact) mass is 268 g/mol. The number of aliphatic hydroxyl groups is 1. The van der Waals surface area contributed by atoms with Crippen LogP contribution in [-0.2, 0) is 10.3 Å². The van der Waals surface area contributed by atoms with Gasteiger partial charge < -0.3 is 9.84 Å². The maximum absolute atomic E-state index is 10.5. The molecule has 3 heteroatoms. The van der Waals surface area contributed by atoms with Crippen molar-refractivity contribution in [2.24, 2.45) is 0 Å². The lowest BCUT2D eigenvalue weighted by molar-refractivity contribution is 0.0372. The Morgan fingerprint density at radius 1 is 1.39 bits per heavy atom. The standard InChI is InChI=1S/C15H21ClO2/c1-15(17,12-6-8-13(16)9-7-12)10-2-4-14-5-3-11-18-14/h6-9,14,17H,2-5,10-11H2,1H3. The summed E-state index contributed by atoms with van der Waals surface area (Å²) < 4.78 is 5.59. The molecule has 1 aliphatic heterocycles. The SMILES string of the molecule is CC(O)(CCCC1CCCO1)c1ccc(Cl)cc1. The zero-order valence-electron chi connectivity index (χ0n) is 10.9. The van der Waals surface area contributed by atoms with Crippen molar-refractivity contribution in [1.29, 1.82) is 0 Å². The fourth-order valence-corrected chi connectivity index (χ4v) is 2.63. The molecule has 1 aromatic carbocycles. The van der Waals surface area contributed by atoms with E-state index < -0.39 is 5.60 Å². The molecule has 0 spiro atoms. The maximum atomic E-state index is 10.5. The molecule has 2 rings (SSSR count). The maximum Gasteiger partial charge on any atom is 0.0868 e. The van der Waals surface area contributed by atoms with Crippen LogP contribution in [0.15, 0.2) is 24.3 Å². The number of hydrogen-bond acceptors (Lipinski definition) is 2. The number of hydrogen-bond donors (Lipinski definition) is 1. The van der Waals surface area contributed by atoms with Gasteiger partial charge in [0.2, 0.25) is 0 Å². The van der Waals surface area contributed by atoms with Crippen molar-refractivity contribution in [1.82, 2.24) is 0 Å². The van der Waals surface area contributed by atoms with Crippen LogP contribution in [0.2, 0.25) is 5.02 Å². The zero-order chi connectivity index (χ0) is 13.0. The molecule has 0 amide bonds. The Bertz CT molecular complexity index is 367. The van der Waals surface area contributed by atoms with Gasteiger partial charge in [-0.15, -0.1) is 0 Å². The first-order chi connectivity index (χ1) is 8.58. The molecule has 0 aliphatic carbocycles. The van der Waals surface area contributed by atoms with E-state index in [0.29, 0.717) is 11.1 Å². The summed E-state index contributed by atoms with van der Waals surface area (Å²) >= 11 is 5.85. The van der Waals surface area contributed by atoms with E-state index in [1.165, 1.54) is 12.8 Å². The summed E-state index contributed by atoms with van der Waals surface area (Å²) in [5, 5.41) is 11.2. The smallest absolute Gasteiger partial charge is 0.0868 e. The number of benzene rings is 1. The second-order valence-corrected chi connectivity index (χ2v) is 5.74. The molecule has 1 heterocycles. The van der Waals surface area contributed by atoms with E-state index in [1.54, 1.807) is 0 Å². The third-order valence-corrected chi connectivity index (χ3v) is 3.93. The van der Waals surface area contributed by atoms with Gasteiger partial charge in [0.05, 0.1) is 11.7 Å². The summed E-state index contributed by atoms with van der Waals surface area (Å²) in [6.45, 7) is 2.77. The van der Waals surface area contributed by atoms with Gasteiger partial charge in [-0.1, -0.05) is 23.7 Å². The molecule has 1 saturated heterocycles. The lowest BCUT2D eigenvalue weighted by atomic mass is 9.90. The average Bonchev–Trinajstić information content (AvgIpc) is 2.82. The van der Waals surface area contributed by atoms with Gasteiger partial charge in [-0.25, -0.2) is 0 Å². The lowest BCUT2D eigenvalue weighted by Gasteiger charge is -2.24. The molecule has 2 atom stereocenters. The van der Waals surface area contributed by atoms with Gasteiger partial charge in [0.15, 0.2) is 0 Å². The summed E-state index contributed by atoms with van der Waals surface area (Å²) in [6, 6.07) is 7.44. The predicted molar refractivity (Wildman–Crippen MR) is 73.8 cm³/mol. The fraction of sp³-hybridized carbons (Fsp3) is 0.600. The van der Waals surface area contributed by atoms with Crippen molar-refractivity contribution in [2.75, 3.05) is 6.61 Å². The minimum Gasteiger partial charge on any atom is -0.385 e. The van der Waals surface area contributed by atoms with Gasteiger partial charge in [0.25, 0.3) is 0 Å². The molecule has 0 bridgehead atoms. The Hall–Kier alpha value is -0.570. The molecule has 2 unspecified atom stereocenters. The van der Waals surface area contributed by atoms with Crippen LogP contribution >= 0.6 is 11.6 Å². The molecule has 2 nitrogen and oxygen atoms in total. The Kier molecular flexibility index (Phi) is 4.66. The minimum atomic E-state index is -0.775. The van der Waals surface area contributed by atoms with Crippen LogP contribution in [0.25, 0.3) is 0 Å². The van der Waals surface area contributed by atoms with E-state index in [4.69, 9.17) is 16.3 Å². The Balaban J connectivity index is 1.84. The highest BCUT2D eigenvalue weighted by Crippen LogP contribution is 2.29. The summed E-state index contributed by atoms with van der Waals surface area (Å²) in [5.41, 5.74) is 0.155. The lowest BCUT2D eigenvalue weighted by Crippen LogP contribution is -2.21. The van der Waals surface area contributed by atoms with Crippen molar-refractivity contribution in [3.63, 3.8) is 0 Å². The van der Waals surface area contributed by atoms with Crippen molar-refractivity contribution in [3.05, 3.63) is 34.9 Å². The molecule has 18 heavy (non-hydrogen) atoms. The van der Waals surface area contributed by atoms with Crippen LogP contribution < -0.4 is 0 Å². The van der Waals surface area contributed by atoms with E-state index in [-0.39, 0.29) is 0 Å². The third kappa shape index (κ3) is 3.71. The predicted octanol–water partition coefficient (Wildman–Crippen LogP) is 3.90. The number of rotatable bonds is 5.